The van der Waals surface area contributed by atoms with E-state index in [0.717, 1.165) is 106 Å². The molecule has 422 valence electrons. The highest BCUT2D eigenvalue weighted by Gasteiger charge is 2.37. The summed E-state index contributed by atoms with van der Waals surface area (Å²) in [5, 5.41) is 0. The van der Waals surface area contributed by atoms with Crippen LogP contribution in [0.4, 0.5) is 0 Å². The number of esters is 1. The standard InChI is InChI=1S/C52H50N2O4.C20H24O2.C2H6/c55-50(53-34-33-40-19-7-9-21-46(40)36-53)43-29-25-41(26-30-43)42-27-31-44(32-28-42)51(56)54-37-47-22-10-8-20-45(47)35-49(54)52(57)58-48(23-11-17-38-13-3-1-4-14-38)24-12-18-39-15-5-2-6-16-39;21-17-22-20(15-7-13-18-9-3-1-4-10-18)16-8-14-19-11-5-2-6-12-19;1-2/h1-10,13-16,19-22,25-32,48-49H,11-12,17-18,23-24,33-37H2;1-6,9-12,17,20H,7-8,13-16H2;1-2H3. The minimum absolute atomic E-state index is 0.0314. The second-order valence-corrected chi connectivity index (χ2v) is 21.2. The molecule has 1 atom stereocenters. The fourth-order valence-corrected chi connectivity index (χ4v) is 11.2. The summed E-state index contributed by atoms with van der Waals surface area (Å²) < 4.78 is 11.6. The van der Waals surface area contributed by atoms with Gasteiger partial charge in [-0.3, -0.25) is 14.4 Å². The Hall–Kier alpha value is -8.36. The average molecular weight is 1090 g/mol. The predicted octanol–water partition coefficient (Wildman–Crippen LogP) is 15.7. The highest BCUT2D eigenvalue weighted by atomic mass is 16.5. The molecule has 0 aliphatic carbocycles. The predicted molar refractivity (Wildman–Crippen MR) is 330 cm³/mol. The third-order valence-corrected chi connectivity index (χ3v) is 15.7. The molecule has 8 heteroatoms. The number of fused-ring (bicyclic) bond motifs is 2. The first-order chi connectivity index (χ1) is 40.4. The van der Waals surface area contributed by atoms with Crippen LogP contribution in [0.2, 0.25) is 0 Å². The molecule has 2 aliphatic heterocycles. The minimum atomic E-state index is -0.730. The fourth-order valence-electron chi connectivity index (χ4n) is 11.2. The second-order valence-electron chi connectivity index (χ2n) is 21.2. The number of hydrogen-bond donors (Lipinski definition) is 0. The lowest BCUT2D eigenvalue weighted by atomic mass is 9.93. The lowest BCUT2D eigenvalue weighted by Crippen LogP contribution is -2.50. The van der Waals surface area contributed by atoms with Crippen LogP contribution in [-0.4, -0.2) is 58.9 Å². The Balaban J connectivity index is 0.000000307. The average Bonchev–Trinajstić information content (AvgIpc) is 3.58. The maximum atomic E-state index is 14.3. The van der Waals surface area contributed by atoms with E-state index in [1.54, 1.807) is 4.90 Å². The second kappa shape index (κ2) is 32.2. The van der Waals surface area contributed by atoms with Crippen molar-refractivity contribution in [2.45, 2.75) is 135 Å². The minimum Gasteiger partial charge on any atom is -0.465 e. The summed E-state index contributed by atoms with van der Waals surface area (Å²) in [4.78, 5) is 56.3. The molecule has 82 heavy (non-hydrogen) atoms. The van der Waals surface area contributed by atoms with Gasteiger partial charge in [0.1, 0.15) is 18.2 Å². The Labute approximate surface area is 487 Å². The molecule has 1 unspecified atom stereocenters. The topological polar surface area (TPSA) is 93.2 Å². The number of carbonyl (C=O) groups is 4. The van der Waals surface area contributed by atoms with E-state index in [1.807, 2.05) is 122 Å². The van der Waals surface area contributed by atoms with Crippen molar-refractivity contribution < 1.29 is 28.7 Å². The number of rotatable bonds is 23. The quantitative estimate of drug-likeness (QED) is 0.0468. The van der Waals surface area contributed by atoms with Gasteiger partial charge in [-0.05, 0) is 163 Å². The van der Waals surface area contributed by atoms with Gasteiger partial charge in [-0.2, -0.15) is 0 Å². The lowest BCUT2D eigenvalue weighted by molar-refractivity contribution is -0.156. The van der Waals surface area contributed by atoms with E-state index in [-0.39, 0.29) is 30.0 Å². The Bertz CT molecular complexity index is 3090. The SMILES string of the molecule is CC.O=C(OC(CCCc1ccccc1)CCCc1ccccc1)C1Cc2ccccc2CN1C(=O)c1ccc(-c2ccc(C(=O)N3CCc4ccccc4C3)cc2)cc1.O=COC(CCCc1ccccc1)CCCc1ccccc1. The van der Waals surface area contributed by atoms with Gasteiger partial charge in [0.05, 0.1) is 0 Å². The number of ether oxygens (including phenoxy) is 2. The number of amides is 2. The highest BCUT2D eigenvalue weighted by Crippen LogP contribution is 2.29. The molecule has 2 amide bonds. The van der Waals surface area contributed by atoms with Gasteiger partial charge in [0.15, 0.2) is 0 Å². The maximum Gasteiger partial charge on any atom is 0.329 e. The first-order valence-corrected chi connectivity index (χ1v) is 29.8. The number of benzene rings is 8. The van der Waals surface area contributed by atoms with E-state index in [1.165, 1.54) is 33.4 Å². The molecular weight excluding hydrogens is 1010 g/mol. The first kappa shape index (κ1) is 59.8. The largest absolute Gasteiger partial charge is 0.465 e. The van der Waals surface area contributed by atoms with E-state index >= 15 is 0 Å². The molecule has 10 rings (SSSR count). The van der Waals surface area contributed by atoms with Gasteiger partial charge < -0.3 is 19.3 Å². The van der Waals surface area contributed by atoms with Gasteiger partial charge in [0.2, 0.25) is 0 Å². The van der Waals surface area contributed by atoms with Crippen molar-refractivity contribution in [1.82, 2.24) is 9.80 Å². The molecular formula is C74H80N2O6. The highest BCUT2D eigenvalue weighted by molar-refractivity contribution is 5.98. The Morgan fingerprint density at radius 2 is 0.829 bits per heavy atom. The molecule has 8 aromatic rings. The van der Waals surface area contributed by atoms with Gasteiger partial charge in [-0.1, -0.05) is 208 Å². The van der Waals surface area contributed by atoms with Crippen LogP contribution in [0.1, 0.15) is 130 Å². The van der Waals surface area contributed by atoms with Gasteiger partial charge in [-0.25, -0.2) is 4.79 Å². The van der Waals surface area contributed by atoms with Gasteiger partial charge >= 0.3 is 5.97 Å². The number of nitrogens with zero attached hydrogens (tertiary/aromatic N) is 2. The monoisotopic (exact) mass is 1090 g/mol. The van der Waals surface area contributed by atoms with Crippen LogP contribution >= 0.6 is 0 Å². The Morgan fingerprint density at radius 1 is 0.451 bits per heavy atom. The van der Waals surface area contributed by atoms with Gasteiger partial charge in [0, 0.05) is 37.2 Å². The van der Waals surface area contributed by atoms with E-state index in [4.69, 9.17) is 9.47 Å². The van der Waals surface area contributed by atoms with Crippen molar-refractivity contribution in [2.24, 2.45) is 0 Å². The zero-order valence-electron chi connectivity index (χ0n) is 48.0. The van der Waals surface area contributed by atoms with Crippen LogP contribution in [0.3, 0.4) is 0 Å². The summed E-state index contributed by atoms with van der Waals surface area (Å²) in [5.74, 6) is -0.507. The smallest absolute Gasteiger partial charge is 0.329 e. The van der Waals surface area contributed by atoms with Crippen molar-refractivity contribution in [3.63, 3.8) is 0 Å². The first-order valence-electron chi connectivity index (χ1n) is 29.8. The van der Waals surface area contributed by atoms with Crippen molar-refractivity contribution in [3.05, 3.63) is 274 Å². The Morgan fingerprint density at radius 3 is 1.27 bits per heavy atom. The molecule has 0 radical (unpaired) electrons. The molecule has 2 heterocycles. The normalized spacial score (nSPS) is 13.3. The van der Waals surface area contributed by atoms with Crippen LogP contribution in [-0.2, 0) is 70.7 Å². The van der Waals surface area contributed by atoms with Crippen LogP contribution in [0.5, 0.6) is 0 Å². The molecule has 0 bridgehead atoms. The number of carbonyl (C=O) groups excluding carboxylic acids is 4. The summed E-state index contributed by atoms with van der Waals surface area (Å²) in [7, 11) is 0. The molecule has 8 aromatic carbocycles. The summed E-state index contributed by atoms with van der Waals surface area (Å²) in [5.41, 5.74) is 12.9. The van der Waals surface area contributed by atoms with E-state index in [9.17, 15) is 19.2 Å². The molecule has 0 saturated carbocycles. The fraction of sp³-hybridized carbons (Fsp3) is 0.297. The van der Waals surface area contributed by atoms with Crippen LogP contribution in [0, 0.1) is 0 Å². The number of aryl methyl sites for hydroxylation is 4. The number of hydrogen-bond acceptors (Lipinski definition) is 6. The summed E-state index contributed by atoms with van der Waals surface area (Å²) in [6.45, 7) is 6.26. The summed E-state index contributed by atoms with van der Waals surface area (Å²) in [6, 6.07) is 72.6. The molecule has 2 aliphatic rings. The third kappa shape index (κ3) is 17.8. The molecule has 0 fully saturated rings. The summed E-state index contributed by atoms with van der Waals surface area (Å²) in [6.07, 6.45) is 12.3. The zero-order chi connectivity index (χ0) is 57.1. The van der Waals surface area contributed by atoms with E-state index in [2.05, 4.69) is 115 Å². The van der Waals surface area contributed by atoms with Crippen LogP contribution in [0.25, 0.3) is 11.1 Å². The molecule has 8 nitrogen and oxygen atoms in total. The molecule has 0 N–H and O–H groups in total. The van der Waals surface area contributed by atoms with E-state index < -0.39 is 6.04 Å². The van der Waals surface area contributed by atoms with Crippen molar-refractivity contribution in [1.29, 1.82) is 0 Å². The van der Waals surface area contributed by atoms with Crippen LogP contribution < -0.4 is 0 Å². The van der Waals surface area contributed by atoms with Crippen molar-refractivity contribution in [2.75, 3.05) is 6.54 Å². The van der Waals surface area contributed by atoms with Crippen molar-refractivity contribution >= 4 is 24.3 Å². The third-order valence-electron chi connectivity index (χ3n) is 15.7. The van der Waals surface area contributed by atoms with Crippen molar-refractivity contribution in [3.8, 4) is 11.1 Å². The zero-order valence-corrected chi connectivity index (χ0v) is 48.0. The van der Waals surface area contributed by atoms with Gasteiger partial charge in [0.25, 0.3) is 18.3 Å². The molecule has 0 spiro atoms. The molecule has 0 aromatic heterocycles. The summed E-state index contributed by atoms with van der Waals surface area (Å²) >= 11 is 0. The lowest BCUT2D eigenvalue weighted by Gasteiger charge is -2.36. The molecule has 0 saturated heterocycles. The van der Waals surface area contributed by atoms with E-state index in [0.29, 0.717) is 43.7 Å². The maximum absolute atomic E-state index is 14.3. The Kier molecular flexibility index (Phi) is 23.4. The van der Waals surface area contributed by atoms with Gasteiger partial charge in [-0.15, -0.1) is 0 Å². The van der Waals surface area contributed by atoms with Crippen LogP contribution in [0.15, 0.2) is 218 Å².